The van der Waals surface area contributed by atoms with Crippen molar-refractivity contribution in [3.63, 3.8) is 0 Å². The Morgan fingerprint density at radius 2 is 2.29 bits per heavy atom. The van der Waals surface area contributed by atoms with E-state index in [0.717, 1.165) is 17.1 Å². The minimum Gasteiger partial charge on any atom is -0.359 e. The maximum absolute atomic E-state index is 10.6. The van der Waals surface area contributed by atoms with Crippen LogP contribution in [0.25, 0.3) is 5.69 Å². The number of benzene rings is 1. The van der Waals surface area contributed by atoms with Crippen LogP contribution in [0.3, 0.4) is 0 Å². The zero-order valence-corrected chi connectivity index (χ0v) is 11.7. The summed E-state index contributed by atoms with van der Waals surface area (Å²) in [6.45, 7) is 5.23. The third-order valence-corrected chi connectivity index (χ3v) is 2.80. The van der Waals surface area contributed by atoms with E-state index < -0.39 is 0 Å². The lowest BCUT2D eigenvalue weighted by molar-refractivity contribution is -0.104. The number of aromatic nitrogens is 2. The van der Waals surface area contributed by atoms with E-state index in [9.17, 15) is 4.79 Å². The number of allylic oxidation sites excluding steroid dienone is 4. The van der Waals surface area contributed by atoms with Crippen molar-refractivity contribution in [1.82, 2.24) is 9.55 Å². The average molecular weight is 280 g/mol. The van der Waals surface area contributed by atoms with E-state index in [1.165, 1.54) is 0 Å². The summed E-state index contributed by atoms with van der Waals surface area (Å²) in [5.41, 5.74) is 3.15. The van der Waals surface area contributed by atoms with Crippen molar-refractivity contribution >= 4 is 18.7 Å². The Labute approximate surface area is 123 Å². The van der Waals surface area contributed by atoms with Gasteiger partial charge in [-0.15, -0.1) is 0 Å². The van der Waals surface area contributed by atoms with Gasteiger partial charge in [-0.2, -0.15) is 0 Å². The van der Waals surface area contributed by atoms with Gasteiger partial charge in [-0.1, -0.05) is 6.07 Å². The number of rotatable bonds is 6. The summed E-state index contributed by atoms with van der Waals surface area (Å²) in [5.74, 6) is 0. The minimum atomic E-state index is 0.295. The molecule has 1 aromatic carbocycles. The van der Waals surface area contributed by atoms with Gasteiger partial charge in [0.15, 0.2) is 6.29 Å². The molecule has 0 unspecified atom stereocenters. The summed E-state index contributed by atoms with van der Waals surface area (Å²) in [4.78, 5) is 18.2. The molecule has 0 aliphatic heterocycles. The largest absolute Gasteiger partial charge is 0.359 e. The van der Waals surface area contributed by atoms with E-state index in [1.807, 2.05) is 42.0 Å². The number of imidazole rings is 1. The van der Waals surface area contributed by atoms with E-state index in [4.69, 9.17) is 0 Å². The highest BCUT2D eigenvalue weighted by Crippen LogP contribution is 2.16. The first-order valence-corrected chi connectivity index (χ1v) is 6.39. The van der Waals surface area contributed by atoms with Crippen molar-refractivity contribution < 1.29 is 4.79 Å². The van der Waals surface area contributed by atoms with Gasteiger partial charge in [0.1, 0.15) is 5.70 Å². The van der Waals surface area contributed by atoms with Crippen LogP contribution in [0.4, 0.5) is 5.69 Å². The molecular formula is C16H16N4O. The van der Waals surface area contributed by atoms with Crippen LogP contribution in [-0.2, 0) is 4.79 Å². The molecule has 0 saturated carbocycles. The van der Waals surface area contributed by atoms with Gasteiger partial charge >= 0.3 is 0 Å². The predicted octanol–water partition coefficient (Wildman–Crippen LogP) is 2.97. The number of nitrogens with one attached hydrogen (secondary N) is 1. The van der Waals surface area contributed by atoms with Gasteiger partial charge in [-0.3, -0.25) is 9.79 Å². The molecule has 106 valence electrons. The summed E-state index contributed by atoms with van der Waals surface area (Å²) in [6, 6.07) is 7.93. The number of aliphatic imine (C=N–C) groups is 1. The Balaban J connectivity index is 2.15. The van der Waals surface area contributed by atoms with Crippen molar-refractivity contribution in [2.75, 3.05) is 5.32 Å². The maximum Gasteiger partial charge on any atom is 0.168 e. The molecule has 0 amide bonds. The highest BCUT2D eigenvalue weighted by molar-refractivity contribution is 5.74. The monoisotopic (exact) mass is 280 g/mol. The second-order valence-electron chi connectivity index (χ2n) is 4.36. The first-order valence-electron chi connectivity index (χ1n) is 6.39. The van der Waals surface area contributed by atoms with Crippen molar-refractivity contribution in [1.29, 1.82) is 0 Å². The lowest BCUT2D eigenvalue weighted by atomic mass is 10.2. The molecule has 0 atom stereocenters. The summed E-state index contributed by atoms with van der Waals surface area (Å²) in [5, 5.41) is 3.25. The maximum atomic E-state index is 10.6. The molecule has 1 aromatic heterocycles. The third-order valence-electron chi connectivity index (χ3n) is 2.80. The standard InChI is InChI=1S/C16H16N4O/c1-13(6-7-15(11-21)17-2)19-14-4-3-5-16(10-14)20-9-8-18-12-20/h3-12,19H,2H2,1H3/b13-6+,15-7-. The fourth-order valence-electron chi connectivity index (χ4n) is 1.77. The smallest absolute Gasteiger partial charge is 0.168 e. The van der Waals surface area contributed by atoms with Crippen LogP contribution in [0.1, 0.15) is 6.92 Å². The summed E-state index contributed by atoms with van der Waals surface area (Å²) in [7, 11) is 0. The summed E-state index contributed by atoms with van der Waals surface area (Å²) >= 11 is 0. The highest BCUT2D eigenvalue weighted by atomic mass is 16.1. The molecule has 0 aliphatic carbocycles. The van der Waals surface area contributed by atoms with Gasteiger partial charge in [0.05, 0.1) is 6.33 Å². The van der Waals surface area contributed by atoms with Crippen LogP contribution in [0.15, 0.2) is 71.5 Å². The van der Waals surface area contributed by atoms with Crippen molar-refractivity contribution in [3.8, 4) is 5.69 Å². The van der Waals surface area contributed by atoms with Gasteiger partial charge in [-0.05, 0) is 44.0 Å². The SMILES string of the molecule is C=N/C(C=O)=C\C=C(/C)Nc1cccc(-n2ccnc2)c1. The predicted molar refractivity (Wildman–Crippen MR) is 84.6 cm³/mol. The Morgan fingerprint density at radius 3 is 2.95 bits per heavy atom. The number of carbonyl (C=O) groups is 1. The van der Waals surface area contributed by atoms with Crippen molar-refractivity contribution in [2.24, 2.45) is 4.99 Å². The Morgan fingerprint density at radius 1 is 1.43 bits per heavy atom. The quantitative estimate of drug-likeness (QED) is 0.383. The Hall–Kier alpha value is -2.95. The number of hydrogen-bond acceptors (Lipinski definition) is 4. The van der Waals surface area contributed by atoms with Crippen LogP contribution in [0.5, 0.6) is 0 Å². The normalized spacial score (nSPS) is 12.0. The molecule has 5 heteroatoms. The molecule has 1 heterocycles. The first-order chi connectivity index (χ1) is 10.2. The fourth-order valence-corrected chi connectivity index (χ4v) is 1.77. The molecular weight excluding hydrogens is 264 g/mol. The minimum absolute atomic E-state index is 0.295. The molecule has 0 saturated heterocycles. The molecule has 5 nitrogen and oxygen atoms in total. The third kappa shape index (κ3) is 4.01. The summed E-state index contributed by atoms with van der Waals surface area (Å²) in [6.07, 6.45) is 9.42. The molecule has 2 rings (SSSR count). The number of nitrogens with zero attached hydrogens (tertiary/aromatic N) is 3. The van der Waals surface area contributed by atoms with Crippen LogP contribution >= 0.6 is 0 Å². The molecule has 0 aliphatic rings. The molecule has 0 radical (unpaired) electrons. The topological polar surface area (TPSA) is 59.3 Å². The molecule has 2 aromatic rings. The lowest BCUT2D eigenvalue weighted by Crippen LogP contribution is -1.97. The molecule has 1 N–H and O–H groups in total. The molecule has 0 spiro atoms. The van der Waals surface area contributed by atoms with Crippen molar-refractivity contribution in [2.45, 2.75) is 6.92 Å². The van der Waals surface area contributed by atoms with E-state index >= 15 is 0 Å². The zero-order chi connectivity index (χ0) is 15.1. The van der Waals surface area contributed by atoms with Crippen LogP contribution in [-0.4, -0.2) is 22.6 Å². The number of hydrogen-bond donors (Lipinski definition) is 1. The van der Waals surface area contributed by atoms with Gasteiger partial charge in [0.25, 0.3) is 0 Å². The van der Waals surface area contributed by atoms with Crippen LogP contribution in [0, 0.1) is 0 Å². The van der Waals surface area contributed by atoms with E-state index in [1.54, 1.807) is 24.7 Å². The number of aldehydes is 1. The van der Waals surface area contributed by atoms with E-state index in [2.05, 4.69) is 22.0 Å². The van der Waals surface area contributed by atoms with Crippen LogP contribution < -0.4 is 5.32 Å². The number of carbonyl (C=O) groups excluding carboxylic acids is 1. The van der Waals surface area contributed by atoms with Gasteiger partial charge in [0.2, 0.25) is 0 Å². The second kappa shape index (κ2) is 7.00. The molecule has 0 bridgehead atoms. The zero-order valence-electron chi connectivity index (χ0n) is 11.7. The highest BCUT2D eigenvalue weighted by Gasteiger charge is 1.98. The number of anilines is 1. The first kappa shape index (κ1) is 14.5. The van der Waals surface area contributed by atoms with Gasteiger partial charge in [0, 0.05) is 29.5 Å². The molecule has 0 fully saturated rings. The fraction of sp³-hybridized carbons (Fsp3) is 0.0625. The van der Waals surface area contributed by atoms with E-state index in [-0.39, 0.29) is 0 Å². The second-order valence-corrected chi connectivity index (χ2v) is 4.36. The Bertz CT molecular complexity index is 674. The molecule has 21 heavy (non-hydrogen) atoms. The Kier molecular flexibility index (Phi) is 4.82. The lowest BCUT2D eigenvalue weighted by Gasteiger charge is -2.08. The summed E-state index contributed by atoms with van der Waals surface area (Å²) < 4.78 is 1.93. The van der Waals surface area contributed by atoms with E-state index in [0.29, 0.717) is 12.0 Å². The van der Waals surface area contributed by atoms with Gasteiger partial charge in [-0.25, -0.2) is 4.98 Å². The van der Waals surface area contributed by atoms with Crippen molar-refractivity contribution in [3.05, 3.63) is 66.5 Å². The van der Waals surface area contributed by atoms with Crippen LogP contribution in [0.2, 0.25) is 0 Å². The average Bonchev–Trinajstić information content (AvgIpc) is 3.03. The van der Waals surface area contributed by atoms with Gasteiger partial charge < -0.3 is 9.88 Å².